The van der Waals surface area contributed by atoms with Gasteiger partial charge in [-0.05, 0) is 6.42 Å². The second-order valence-electron chi connectivity index (χ2n) is 4.46. The molecule has 1 atom stereocenters. The Morgan fingerprint density at radius 2 is 2.22 bits per heavy atom. The highest BCUT2D eigenvalue weighted by molar-refractivity contribution is 5.81. The number of hydrogen-bond acceptors (Lipinski definition) is 4. The first kappa shape index (κ1) is 12.5. The monoisotopic (exact) mass is 248 g/mol. The van der Waals surface area contributed by atoms with Gasteiger partial charge in [-0.25, -0.2) is 4.98 Å². The molecule has 0 aliphatic rings. The molecule has 0 saturated carbocycles. The van der Waals surface area contributed by atoms with Crippen LogP contribution >= 0.6 is 0 Å². The SMILES string of the molecule is CCC(C)C(=O)Cn1cnc2c(cnn2C)c1=O. The molecule has 0 aliphatic heterocycles. The average molecular weight is 248 g/mol. The molecule has 2 heterocycles. The van der Waals surface area contributed by atoms with Crippen molar-refractivity contribution < 1.29 is 4.79 Å². The quantitative estimate of drug-likeness (QED) is 0.800. The van der Waals surface area contributed by atoms with Gasteiger partial charge < -0.3 is 0 Å². The highest BCUT2D eigenvalue weighted by Gasteiger charge is 2.14. The first-order valence-corrected chi connectivity index (χ1v) is 5.94. The number of rotatable bonds is 4. The lowest BCUT2D eigenvalue weighted by atomic mass is 10.0. The zero-order valence-corrected chi connectivity index (χ0v) is 10.8. The summed E-state index contributed by atoms with van der Waals surface area (Å²) in [6.07, 6.45) is 3.66. The molecule has 0 amide bonds. The molecule has 0 bridgehead atoms. The van der Waals surface area contributed by atoms with Crippen LogP contribution < -0.4 is 5.56 Å². The van der Waals surface area contributed by atoms with Crippen LogP contribution in [0.1, 0.15) is 20.3 Å². The zero-order chi connectivity index (χ0) is 13.3. The standard InChI is InChI=1S/C12H16N4O2/c1-4-8(2)10(17)6-16-7-13-11-9(12(16)18)5-14-15(11)3/h5,7-8H,4,6H2,1-3H3. The van der Waals surface area contributed by atoms with Crippen LogP contribution in [0, 0.1) is 5.92 Å². The topological polar surface area (TPSA) is 69.8 Å². The fourth-order valence-corrected chi connectivity index (χ4v) is 1.73. The summed E-state index contributed by atoms with van der Waals surface area (Å²) in [4.78, 5) is 28.1. The molecule has 0 fully saturated rings. The van der Waals surface area contributed by atoms with Gasteiger partial charge in [-0.1, -0.05) is 13.8 Å². The fourth-order valence-electron chi connectivity index (χ4n) is 1.73. The molecule has 18 heavy (non-hydrogen) atoms. The smallest absolute Gasteiger partial charge is 0.264 e. The lowest BCUT2D eigenvalue weighted by molar-refractivity contribution is -0.123. The average Bonchev–Trinajstić information content (AvgIpc) is 2.74. The third kappa shape index (κ3) is 2.05. The van der Waals surface area contributed by atoms with E-state index in [1.165, 1.54) is 21.8 Å². The van der Waals surface area contributed by atoms with Gasteiger partial charge in [0.2, 0.25) is 0 Å². The van der Waals surface area contributed by atoms with Crippen LogP contribution in [0.25, 0.3) is 11.0 Å². The van der Waals surface area contributed by atoms with Gasteiger partial charge in [0.05, 0.1) is 12.7 Å². The molecular formula is C12H16N4O2. The zero-order valence-electron chi connectivity index (χ0n) is 10.8. The largest absolute Gasteiger partial charge is 0.297 e. The molecule has 0 N–H and O–H groups in total. The van der Waals surface area contributed by atoms with Crippen molar-refractivity contribution in [3.63, 3.8) is 0 Å². The van der Waals surface area contributed by atoms with Gasteiger partial charge in [-0.15, -0.1) is 0 Å². The summed E-state index contributed by atoms with van der Waals surface area (Å²) < 4.78 is 2.88. The summed E-state index contributed by atoms with van der Waals surface area (Å²) in [7, 11) is 1.73. The van der Waals surface area contributed by atoms with E-state index in [-0.39, 0.29) is 23.8 Å². The molecule has 0 aromatic carbocycles. The fraction of sp³-hybridized carbons (Fsp3) is 0.500. The first-order valence-electron chi connectivity index (χ1n) is 5.94. The van der Waals surface area contributed by atoms with E-state index in [9.17, 15) is 9.59 Å². The number of carbonyl (C=O) groups excluding carboxylic acids is 1. The molecule has 1 unspecified atom stereocenters. The lowest BCUT2D eigenvalue weighted by Crippen LogP contribution is -2.27. The Labute approximate surface area is 104 Å². The summed E-state index contributed by atoms with van der Waals surface area (Å²) in [5.41, 5.74) is 0.317. The van der Waals surface area contributed by atoms with E-state index in [4.69, 9.17) is 0 Å². The van der Waals surface area contributed by atoms with E-state index in [1.807, 2.05) is 13.8 Å². The Hall–Kier alpha value is -1.98. The molecule has 96 valence electrons. The van der Waals surface area contributed by atoms with Crippen LogP contribution in [-0.4, -0.2) is 25.1 Å². The highest BCUT2D eigenvalue weighted by Crippen LogP contribution is 2.06. The number of aromatic nitrogens is 4. The molecule has 0 saturated heterocycles. The summed E-state index contributed by atoms with van der Waals surface area (Å²) in [6, 6.07) is 0. The number of ketones is 1. The van der Waals surface area contributed by atoms with Crippen molar-refractivity contribution in [2.75, 3.05) is 0 Å². The minimum atomic E-state index is -0.218. The third-order valence-electron chi connectivity index (χ3n) is 3.21. The number of carbonyl (C=O) groups is 1. The molecule has 0 spiro atoms. The van der Waals surface area contributed by atoms with E-state index < -0.39 is 0 Å². The van der Waals surface area contributed by atoms with E-state index >= 15 is 0 Å². The molecule has 2 rings (SSSR count). The number of aryl methyl sites for hydroxylation is 1. The summed E-state index contributed by atoms with van der Waals surface area (Å²) in [5.74, 6) is 0.00568. The van der Waals surface area contributed by atoms with Crippen molar-refractivity contribution in [2.24, 2.45) is 13.0 Å². The van der Waals surface area contributed by atoms with Crippen LogP contribution in [0.3, 0.4) is 0 Å². The molecular weight excluding hydrogens is 232 g/mol. The van der Waals surface area contributed by atoms with Gasteiger partial charge in [0.1, 0.15) is 11.7 Å². The van der Waals surface area contributed by atoms with E-state index in [0.29, 0.717) is 11.0 Å². The van der Waals surface area contributed by atoms with Gasteiger partial charge >= 0.3 is 0 Å². The summed E-state index contributed by atoms with van der Waals surface area (Å²) in [6.45, 7) is 3.89. The second-order valence-corrected chi connectivity index (χ2v) is 4.46. The predicted octanol–water partition coefficient (Wildman–Crippen LogP) is 0.745. The first-order chi connectivity index (χ1) is 8.54. The van der Waals surface area contributed by atoms with Crippen LogP contribution in [0.15, 0.2) is 17.3 Å². The van der Waals surface area contributed by atoms with Crippen molar-refractivity contribution in [3.8, 4) is 0 Å². The molecule has 2 aromatic heterocycles. The summed E-state index contributed by atoms with van der Waals surface area (Å²) >= 11 is 0. The lowest BCUT2D eigenvalue weighted by Gasteiger charge is -2.08. The van der Waals surface area contributed by atoms with E-state index in [1.54, 1.807) is 7.05 Å². The minimum absolute atomic E-state index is 0.0403. The molecule has 0 radical (unpaired) electrons. The van der Waals surface area contributed by atoms with Gasteiger partial charge in [-0.3, -0.25) is 18.8 Å². The second kappa shape index (κ2) is 4.72. The van der Waals surface area contributed by atoms with E-state index in [0.717, 1.165) is 6.42 Å². The Bertz CT molecular complexity index is 641. The van der Waals surface area contributed by atoms with Crippen LogP contribution in [0.2, 0.25) is 0 Å². The number of Topliss-reactive ketones (excluding diaryl/α,β-unsaturated/α-hetero) is 1. The van der Waals surface area contributed by atoms with Crippen LogP contribution in [0.5, 0.6) is 0 Å². The number of hydrogen-bond donors (Lipinski definition) is 0. The summed E-state index contributed by atoms with van der Waals surface area (Å²) in [5, 5.41) is 4.43. The Kier molecular flexibility index (Phi) is 3.27. The molecule has 6 nitrogen and oxygen atoms in total. The maximum absolute atomic E-state index is 12.1. The van der Waals surface area contributed by atoms with E-state index in [2.05, 4.69) is 10.1 Å². The van der Waals surface area contributed by atoms with Gasteiger partial charge in [0.25, 0.3) is 5.56 Å². The number of nitrogens with zero attached hydrogens (tertiary/aromatic N) is 4. The minimum Gasteiger partial charge on any atom is -0.297 e. The predicted molar refractivity (Wildman–Crippen MR) is 67.2 cm³/mol. The molecule has 2 aromatic rings. The Balaban J connectivity index is 2.38. The number of fused-ring (bicyclic) bond motifs is 1. The van der Waals surface area contributed by atoms with Crippen molar-refractivity contribution >= 4 is 16.8 Å². The highest BCUT2D eigenvalue weighted by atomic mass is 16.1. The maximum atomic E-state index is 12.1. The van der Waals surface area contributed by atoms with Gasteiger partial charge in [0, 0.05) is 13.0 Å². The normalized spacial score (nSPS) is 12.8. The molecule has 0 aliphatic carbocycles. The van der Waals surface area contributed by atoms with Crippen molar-refractivity contribution in [2.45, 2.75) is 26.8 Å². The van der Waals surface area contributed by atoms with Gasteiger partial charge in [-0.2, -0.15) is 5.10 Å². The van der Waals surface area contributed by atoms with Crippen molar-refractivity contribution in [1.82, 2.24) is 19.3 Å². The Morgan fingerprint density at radius 1 is 1.50 bits per heavy atom. The maximum Gasteiger partial charge on any atom is 0.264 e. The Morgan fingerprint density at radius 3 is 2.89 bits per heavy atom. The van der Waals surface area contributed by atoms with Gasteiger partial charge in [0.15, 0.2) is 11.4 Å². The van der Waals surface area contributed by atoms with Crippen molar-refractivity contribution in [1.29, 1.82) is 0 Å². The van der Waals surface area contributed by atoms with Crippen molar-refractivity contribution in [3.05, 3.63) is 22.9 Å². The van der Waals surface area contributed by atoms with Crippen LogP contribution in [-0.2, 0) is 18.4 Å². The third-order valence-corrected chi connectivity index (χ3v) is 3.21. The molecule has 6 heteroatoms. The van der Waals surface area contributed by atoms with Crippen LogP contribution in [0.4, 0.5) is 0 Å².